The molecule has 1 heterocycles. The molecule has 1 amide bonds. The molecule has 2 aromatic rings. The van der Waals surface area contributed by atoms with Gasteiger partial charge in [0.15, 0.2) is 0 Å². The molecule has 1 fully saturated rings. The summed E-state index contributed by atoms with van der Waals surface area (Å²) in [4.78, 5) is 27.0. The van der Waals surface area contributed by atoms with Crippen molar-refractivity contribution in [2.75, 3.05) is 13.2 Å². The molecular formula is C23H24FNO5. The SMILES string of the molecule is CC(C)OCCCN1C(=O)C(=O)C(=C(O)c2ccc(F)cc2)[C@@H]1c1ccc(O)cc1. The summed E-state index contributed by atoms with van der Waals surface area (Å²) in [5, 5.41) is 20.4. The fraction of sp³-hybridized carbons (Fsp3) is 0.304. The van der Waals surface area contributed by atoms with Crippen LogP contribution in [0.5, 0.6) is 5.75 Å². The van der Waals surface area contributed by atoms with Gasteiger partial charge >= 0.3 is 0 Å². The minimum atomic E-state index is -0.824. The number of hydrogen-bond donors (Lipinski definition) is 2. The van der Waals surface area contributed by atoms with Gasteiger partial charge in [0.2, 0.25) is 0 Å². The number of nitrogens with zero attached hydrogens (tertiary/aromatic N) is 1. The van der Waals surface area contributed by atoms with Gasteiger partial charge in [-0.2, -0.15) is 0 Å². The van der Waals surface area contributed by atoms with Crippen LogP contribution in [0.4, 0.5) is 4.39 Å². The first-order valence-corrected chi connectivity index (χ1v) is 9.74. The molecule has 1 aliphatic rings. The van der Waals surface area contributed by atoms with Crippen molar-refractivity contribution in [2.45, 2.75) is 32.4 Å². The Morgan fingerprint density at radius 1 is 1.10 bits per heavy atom. The van der Waals surface area contributed by atoms with Crippen LogP contribution in [0.3, 0.4) is 0 Å². The fourth-order valence-electron chi connectivity index (χ4n) is 3.43. The predicted molar refractivity (Wildman–Crippen MR) is 109 cm³/mol. The molecule has 3 rings (SSSR count). The van der Waals surface area contributed by atoms with Gasteiger partial charge < -0.3 is 19.8 Å². The minimum Gasteiger partial charge on any atom is -0.508 e. The molecule has 6 nitrogen and oxygen atoms in total. The van der Waals surface area contributed by atoms with E-state index in [-0.39, 0.29) is 35.3 Å². The number of carbonyl (C=O) groups excluding carboxylic acids is 2. The summed E-state index contributed by atoms with van der Waals surface area (Å²) < 4.78 is 18.8. The summed E-state index contributed by atoms with van der Waals surface area (Å²) in [5.74, 6) is -2.33. The first kappa shape index (κ1) is 21.5. The summed E-state index contributed by atoms with van der Waals surface area (Å²) in [6.07, 6.45) is 0.558. The number of halogens is 1. The van der Waals surface area contributed by atoms with Crippen LogP contribution in [-0.4, -0.2) is 46.1 Å². The van der Waals surface area contributed by atoms with Crippen molar-refractivity contribution in [3.63, 3.8) is 0 Å². The highest BCUT2D eigenvalue weighted by Gasteiger charge is 2.45. The molecular weight excluding hydrogens is 389 g/mol. The second-order valence-corrected chi connectivity index (χ2v) is 7.36. The van der Waals surface area contributed by atoms with Crippen LogP contribution in [-0.2, 0) is 14.3 Å². The lowest BCUT2D eigenvalue weighted by molar-refractivity contribution is -0.140. The van der Waals surface area contributed by atoms with Crippen LogP contribution in [0.2, 0.25) is 0 Å². The maximum atomic E-state index is 13.3. The molecule has 1 atom stereocenters. The molecule has 158 valence electrons. The monoisotopic (exact) mass is 413 g/mol. The molecule has 30 heavy (non-hydrogen) atoms. The Labute approximate surface area is 174 Å². The van der Waals surface area contributed by atoms with E-state index in [4.69, 9.17) is 4.74 Å². The van der Waals surface area contributed by atoms with Crippen LogP contribution < -0.4 is 0 Å². The number of rotatable bonds is 7. The van der Waals surface area contributed by atoms with Gasteiger partial charge in [0.05, 0.1) is 17.7 Å². The molecule has 0 spiro atoms. The predicted octanol–water partition coefficient (Wildman–Crippen LogP) is 3.77. The first-order chi connectivity index (χ1) is 14.3. The van der Waals surface area contributed by atoms with Gasteiger partial charge in [-0.1, -0.05) is 12.1 Å². The third-order valence-corrected chi connectivity index (χ3v) is 4.86. The van der Waals surface area contributed by atoms with E-state index < -0.39 is 23.5 Å². The number of amides is 1. The molecule has 0 unspecified atom stereocenters. The van der Waals surface area contributed by atoms with Crippen molar-refractivity contribution in [3.8, 4) is 5.75 Å². The number of ketones is 1. The number of phenols is 1. The lowest BCUT2D eigenvalue weighted by Crippen LogP contribution is -2.31. The normalized spacial score (nSPS) is 18.4. The summed E-state index contributed by atoms with van der Waals surface area (Å²) in [7, 11) is 0. The minimum absolute atomic E-state index is 0.0413. The van der Waals surface area contributed by atoms with E-state index in [2.05, 4.69) is 0 Å². The third-order valence-electron chi connectivity index (χ3n) is 4.86. The second-order valence-electron chi connectivity index (χ2n) is 7.36. The molecule has 2 N–H and O–H groups in total. The number of hydrogen-bond acceptors (Lipinski definition) is 5. The van der Waals surface area contributed by atoms with E-state index in [0.717, 1.165) is 0 Å². The maximum absolute atomic E-state index is 13.3. The molecule has 7 heteroatoms. The fourth-order valence-corrected chi connectivity index (χ4v) is 3.43. The highest BCUT2D eigenvalue weighted by atomic mass is 19.1. The topological polar surface area (TPSA) is 87.1 Å². The molecule has 2 aromatic carbocycles. The van der Waals surface area contributed by atoms with E-state index >= 15 is 0 Å². The van der Waals surface area contributed by atoms with Gasteiger partial charge in [-0.3, -0.25) is 9.59 Å². The molecule has 0 radical (unpaired) electrons. The van der Waals surface area contributed by atoms with Crippen molar-refractivity contribution in [2.24, 2.45) is 0 Å². The average Bonchev–Trinajstić information content (AvgIpc) is 2.96. The zero-order chi connectivity index (χ0) is 21.8. The Hall–Kier alpha value is -3.19. The Kier molecular flexibility index (Phi) is 6.52. The van der Waals surface area contributed by atoms with Crippen LogP contribution >= 0.6 is 0 Å². The second kappa shape index (κ2) is 9.09. The Morgan fingerprint density at radius 3 is 2.33 bits per heavy atom. The Bertz CT molecular complexity index is 951. The van der Waals surface area contributed by atoms with Crippen LogP contribution in [0, 0.1) is 5.82 Å². The Morgan fingerprint density at radius 2 is 1.73 bits per heavy atom. The zero-order valence-corrected chi connectivity index (χ0v) is 16.8. The van der Waals surface area contributed by atoms with Crippen molar-refractivity contribution in [3.05, 3.63) is 71.0 Å². The van der Waals surface area contributed by atoms with Gasteiger partial charge in [-0.05, 0) is 62.2 Å². The maximum Gasteiger partial charge on any atom is 0.295 e. The van der Waals surface area contributed by atoms with E-state index in [1.807, 2.05) is 13.8 Å². The summed E-state index contributed by atoms with van der Waals surface area (Å²) in [6, 6.07) is 10.3. The Balaban J connectivity index is 2.01. The average molecular weight is 413 g/mol. The number of phenolic OH excluding ortho intramolecular Hbond substituents is 1. The van der Waals surface area contributed by atoms with Crippen molar-refractivity contribution in [1.82, 2.24) is 4.90 Å². The van der Waals surface area contributed by atoms with Crippen molar-refractivity contribution in [1.29, 1.82) is 0 Å². The highest BCUT2D eigenvalue weighted by Crippen LogP contribution is 2.39. The van der Waals surface area contributed by atoms with Crippen LogP contribution in [0.1, 0.15) is 37.4 Å². The zero-order valence-electron chi connectivity index (χ0n) is 16.8. The summed E-state index contributed by atoms with van der Waals surface area (Å²) in [6.45, 7) is 4.49. The molecule has 0 saturated carbocycles. The van der Waals surface area contributed by atoms with Gasteiger partial charge in [-0.25, -0.2) is 4.39 Å². The molecule has 0 aliphatic carbocycles. The van der Waals surface area contributed by atoms with Crippen molar-refractivity contribution < 1.29 is 28.9 Å². The highest BCUT2D eigenvalue weighted by molar-refractivity contribution is 6.46. The smallest absolute Gasteiger partial charge is 0.295 e. The first-order valence-electron chi connectivity index (χ1n) is 9.74. The summed E-state index contributed by atoms with van der Waals surface area (Å²) in [5.41, 5.74) is 0.740. The van der Waals surface area contributed by atoms with Gasteiger partial charge in [0, 0.05) is 18.7 Å². The largest absolute Gasteiger partial charge is 0.508 e. The number of benzene rings is 2. The number of aliphatic hydroxyl groups is 1. The van der Waals surface area contributed by atoms with Gasteiger partial charge in [-0.15, -0.1) is 0 Å². The lowest BCUT2D eigenvalue weighted by Gasteiger charge is -2.25. The number of Topliss-reactive ketones (excluding diaryl/α,β-unsaturated/α-hetero) is 1. The van der Waals surface area contributed by atoms with Crippen molar-refractivity contribution >= 4 is 17.4 Å². The standard InChI is InChI=1S/C23H24FNO5/c1-14(2)30-13-3-12-25-20(15-6-10-18(26)11-7-15)19(22(28)23(25)29)21(27)16-4-8-17(24)9-5-16/h4-11,14,20,26-27H,3,12-13H2,1-2H3/t20-/m0/s1. The van der Waals surface area contributed by atoms with E-state index in [1.54, 1.807) is 12.1 Å². The van der Waals surface area contributed by atoms with Crippen LogP contribution in [0.15, 0.2) is 54.1 Å². The number of carbonyl (C=O) groups is 2. The van der Waals surface area contributed by atoms with E-state index in [1.165, 1.54) is 41.3 Å². The van der Waals surface area contributed by atoms with Crippen LogP contribution in [0.25, 0.3) is 5.76 Å². The number of ether oxygens (including phenoxy) is 1. The molecule has 0 aromatic heterocycles. The molecule has 0 bridgehead atoms. The number of likely N-dealkylation sites (tertiary alicyclic amines) is 1. The molecule has 1 saturated heterocycles. The third kappa shape index (κ3) is 4.52. The quantitative estimate of drug-likeness (QED) is 0.312. The summed E-state index contributed by atoms with van der Waals surface area (Å²) >= 11 is 0. The van der Waals surface area contributed by atoms with Gasteiger partial charge in [0.1, 0.15) is 17.3 Å². The number of aliphatic hydroxyl groups excluding tert-OH is 1. The molecule has 1 aliphatic heterocycles. The van der Waals surface area contributed by atoms with Gasteiger partial charge in [0.25, 0.3) is 11.7 Å². The number of aromatic hydroxyl groups is 1. The van der Waals surface area contributed by atoms with E-state index in [0.29, 0.717) is 18.6 Å². The van der Waals surface area contributed by atoms with E-state index in [9.17, 15) is 24.2 Å². The lowest BCUT2D eigenvalue weighted by atomic mass is 9.95.